The Hall–Kier alpha value is -1.81. The molecule has 0 fully saturated rings. The fourth-order valence-electron chi connectivity index (χ4n) is 3.14. The lowest BCUT2D eigenvalue weighted by Crippen LogP contribution is -2.17. The van der Waals surface area contributed by atoms with E-state index >= 15 is 0 Å². The first-order chi connectivity index (χ1) is 11.3. The lowest BCUT2D eigenvalue weighted by Gasteiger charge is -2.23. The molecular formula is C20H25NO2S. The number of nitrogens with one attached hydrogen (secondary N) is 1. The number of hydrogen-bond acceptors (Lipinski definition) is 2. The van der Waals surface area contributed by atoms with Crippen LogP contribution in [0.25, 0.3) is 0 Å². The summed E-state index contributed by atoms with van der Waals surface area (Å²) < 4.78 is 28.0. The molecule has 1 aliphatic rings. The van der Waals surface area contributed by atoms with E-state index in [0.717, 1.165) is 31.2 Å². The van der Waals surface area contributed by atoms with Crippen molar-refractivity contribution in [1.29, 1.82) is 0 Å². The van der Waals surface area contributed by atoms with Crippen molar-refractivity contribution in [2.45, 2.75) is 56.8 Å². The van der Waals surface area contributed by atoms with Gasteiger partial charge in [-0.05, 0) is 72.1 Å². The third-order valence-corrected chi connectivity index (χ3v) is 6.58. The summed E-state index contributed by atoms with van der Waals surface area (Å²) in [6, 6.07) is 13.1. The average molecular weight is 343 g/mol. The molecule has 0 atom stereocenters. The van der Waals surface area contributed by atoms with Gasteiger partial charge in [0.15, 0.2) is 0 Å². The lowest BCUT2D eigenvalue weighted by molar-refractivity contribution is 0.506. The summed E-state index contributed by atoms with van der Waals surface area (Å²) in [4.78, 5) is 0.304. The Bertz CT molecular complexity index is 836. The number of sulfonamides is 1. The van der Waals surface area contributed by atoms with Gasteiger partial charge in [0.05, 0.1) is 4.90 Å². The van der Waals surface area contributed by atoms with Crippen LogP contribution in [0.4, 0.5) is 5.69 Å². The van der Waals surface area contributed by atoms with Crippen molar-refractivity contribution >= 4 is 15.7 Å². The predicted octanol–water partition coefficient (Wildman–Crippen LogP) is 4.66. The molecule has 128 valence electrons. The lowest BCUT2D eigenvalue weighted by atomic mass is 9.82. The molecule has 1 N–H and O–H groups in total. The fourth-order valence-corrected chi connectivity index (χ4v) is 4.19. The van der Waals surface area contributed by atoms with Crippen LogP contribution in [0.2, 0.25) is 0 Å². The maximum Gasteiger partial charge on any atom is 0.261 e. The zero-order chi connectivity index (χ0) is 17.4. The van der Waals surface area contributed by atoms with E-state index < -0.39 is 10.0 Å². The first kappa shape index (κ1) is 17.0. The molecule has 0 heterocycles. The molecule has 0 aliphatic heterocycles. The number of rotatable bonds is 5. The molecule has 0 unspecified atom stereocenters. The zero-order valence-electron chi connectivity index (χ0n) is 14.6. The molecule has 0 amide bonds. The van der Waals surface area contributed by atoms with Gasteiger partial charge in [-0.3, -0.25) is 4.72 Å². The Balaban J connectivity index is 1.83. The number of hydrogen-bond donors (Lipinski definition) is 1. The number of anilines is 1. The van der Waals surface area contributed by atoms with Crippen LogP contribution < -0.4 is 4.72 Å². The van der Waals surface area contributed by atoms with Crippen molar-refractivity contribution < 1.29 is 8.42 Å². The molecule has 0 aromatic heterocycles. The van der Waals surface area contributed by atoms with Crippen molar-refractivity contribution in [3.05, 3.63) is 59.2 Å². The average Bonchev–Trinajstić information content (AvgIpc) is 3.02. The van der Waals surface area contributed by atoms with Crippen LogP contribution in [0.3, 0.4) is 0 Å². The minimum atomic E-state index is -3.55. The summed E-state index contributed by atoms with van der Waals surface area (Å²) in [6.07, 6.45) is 4.29. The van der Waals surface area contributed by atoms with Gasteiger partial charge in [0.2, 0.25) is 0 Å². The largest absolute Gasteiger partial charge is 0.280 e. The SMILES string of the molecule is CCC(C)(C)c1ccc(S(=O)(=O)Nc2ccc3c(c2)CCC3)cc1. The van der Waals surface area contributed by atoms with Crippen molar-refractivity contribution in [3.8, 4) is 0 Å². The van der Waals surface area contributed by atoms with Gasteiger partial charge in [-0.2, -0.15) is 0 Å². The van der Waals surface area contributed by atoms with Gasteiger partial charge in [0.1, 0.15) is 0 Å². The second-order valence-corrected chi connectivity index (χ2v) is 8.89. The van der Waals surface area contributed by atoms with Gasteiger partial charge in [0, 0.05) is 5.69 Å². The normalized spacial score (nSPS) is 14.5. The second-order valence-electron chi connectivity index (χ2n) is 7.20. The molecule has 0 spiro atoms. The van der Waals surface area contributed by atoms with E-state index in [1.807, 2.05) is 30.3 Å². The highest BCUT2D eigenvalue weighted by Gasteiger charge is 2.20. The molecular weight excluding hydrogens is 318 g/mol. The van der Waals surface area contributed by atoms with Crippen LogP contribution in [-0.2, 0) is 28.3 Å². The van der Waals surface area contributed by atoms with E-state index in [2.05, 4.69) is 25.5 Å². The Morgan fingerprint density at radius 3 is 2.33 bits per heavy atom. The monoisotopic (exact) mass is 343 g/mol. The predicted molar refractivity (Wildman–Crippen MR) is 99.0 cm³/mol. The van der Waals surface area contributed by atoms with Crippen molar-refractivity contribution in [2.75, 3.05) is 4.72 Å². The smallest absolute Gasteiger partial charge is 0.261 e. The van der Waals surface area contributed by atoms with E-state index in [-0.39, 0.29) is 5.41 Å². The highest BCUT2D eigenvalue weighted by molar-refractivity contribution is 7.92. The Kier molecular flexibility index (Phi) is 4.43. The highest BCUT2D eigenvalue weighted by atomic mass is 32.2. The van der Waals surface area contributed by atoms with Crippen LogP contribution in [0.15, 0.2) is 47.4 Å². The van der Waals surface area contributed by atoms with Gasteiger partial charge < -0.3 is 0 Å². The van der Waals surface area contributed by atoms with E-state index in [4.69, 9.17) is 0 Å². The summed E-state index contributed by atoms with van der Waals surface area (Å²) in [5.74, 6) is 0. The van der Waals surface area contributed by atoms with E-state index in [1.54, 1.807) is 12.1 Å². The minimum absolute atomic E-state index is 0.0513. The molecule has 1 aliphatic carbocycles. The topological polar surface area (TPSA) is 46.2 Å². The van der Waals surface area contributed by atoms with Gasteiger partial charge in [-0.1, -0.05) is 39.0 Å². The summed E-state index contributed by atoms with van der Waals surface area (Å²) >= 11 is 0. The molecule has 3 nitrogen and oxygen atoms in total. The number of fused-ring (bicyclic) bond motifs is 1. The van der Waals surface area contributed by atoms with E-state index in [1.165, 1.54) is 11.1 Å². The number of benzene rings is 2. The summed E-state index contributed by atoms with van der Waals surface area (Å²) in [7, 11) is -3.55. The molecule has 24 heavy (non-hydrogen) atoms. The molecule has 0 saturated carbocycles. The third kappa shape index (κ3) is 3.34. The fraction of sp³-hybridized carbons (Fsp3) is 0.400. The Labute approximate surface area is 145 Å². The van der Waals surface area contributed by atoms with E-state index in [9.17, 15) is 8.42 Å². The minimum Gasteiger partial charge on any atom is -0.280 e. The summed E-state index contributed by atoms with van der Waals surface area (Å²) in [5.41, 5.74) is 4.45. The first-order valence-electron chi connectivity index (χ1n) is 8.57. The molecule has 4 heteroatoms. The third-order valence-electron chi connectivity index (χ3n) is 5.18. The standard InChI is InChI=1S/C20H25NO2S/c1-4-20(2,3)17-9-12-19(13-10-17)24(22,23)21-18-11-8-15-6-5-7-16(15)14-18/h8-14,21H,4-7H2,1-3H3. The van der Waals surface area contributed by atoms with Gasteiger partial charge >= 0.3 is 0 Å². The highest BCUT2D eigenvalue weighted by Crippen LogP contribution is 2.29. The van der Waals surface area contributed by atoms with Crippen molar-refractivity contribution in [3.63, 3.8) is 0 Å². The van der Waals surface area contributed by atoms with Crippen LogP contribution in [0.5, 0.6) is 0 Å². The van der Waals surface area contributed by atoms with Gasteiger partial charge in [-0.15, -0.1) is 0 Å². The van der Waals surface area contributed by atoms with Gasteiger partial charge in [-0.25, -0.2) is 8.42 Å². The molecule has 2 aromatic carbocycles. The Morgan fingerprint density at radius 1 is 1.00 bits per heavy atom. The molecule has 0 saturated heterocycles. The zero-order valence-corrected chi connectivity index (χ0v) is 15.4. The summed E-state index contributed by atoms with van der Waals surface area (Å²) in [5, 5.41) is 0. The quantitative estimate of drug-likeness (QED) is 0.858. The number of aryl methyl sites for hydroxylation is 2. The van der Waals surface area contributed by atoms with Crippen LogP contribution in [0.1, 0.15) is 50.3 Å². The second kappa shape index (κ2) is 6.25. The van der Waals surface area contributed by atoms with Crippen molar-refractivity contribution in [2.24, 2.45) is 0 Å². The van der Waals surface area contributed by atoms with Crippen LogP contribution in [0, 0.1) is 0 Å². The van der Waals surface area contributed by atoms with Crippen molar-refractivity contribution in [1.82, 2.24) is 0 Å². The molecule has 2 aromatic rings. The van der Waals surface area contributed by atoms with E-state index in [0.29, 0.717) is 10.6 Å². The van der Waals surface area contributed by atoms with Gasteiger partial charge in [0.25, 0.3) is 10.0 Å². The summed E-state index contributed by atoms with van der Waals surface area (Å²) in [6.45, 7) is 6.47. The maximum atomic E-state index is 12.6. The Morgan fingerprint density at radius 2 is 1.67 bits per heavy atom. The molecule has 0 bridgehead atoms. The molecule has 3 rings (SSSR count). The maximum absolute atomic E-state index is 12.6. The first-order valence-corrected chi connectivity index (χ1v) is 10.1. The molecule has 0 radical (unpaired) electrons. The van der Waals surface area contributed by atoms with Crippen LogP contribution >= 0.6 is 0 Å². The van der Waals surface area contributed by atoms with Crippen LogP contribution in [-0.4, -0.2) is 8.42 Å².